The fraction of sp³-hybridized carbons (Fsp3) is 0.467. The van der Waals surface area contributed by atoms with E-state index in [0.29, 0.717) is 11.9 Å². The lowest BCUT2D eigenvalue weighted by Crippen LogP contribution is -2.25. The summed E-state index contributed by atoms with van der Waals surface area (Å²) in [4.78, 5) is 4.18. The third kappa shape index (κ3) is 2.77. The van der Waals surface area contributed by atoms with Crippen LogP contribution in [-0.4, -0.2) is 15.4 Å². The first-order chi connectivity index (χ1) is 9.74. The van der Waals surface area contributed by atoms with Gasteiger partial charge in [0, 0.05) is 24.0 Å². The fourth-order valence-corrected chi connectivity index (χ4v) is 3.76. The largest absolute Gasteiger partial charge is 0.382 e. The minimum atomic E-state index is 0.536. The Morgan fingerprint density at radius 1 is 1.40 bits per heavy atom. The summed E-state index contributed by atoms with van der Waals surface area (Å²) in [6, 6.07) is 4.50. The highest BCUT2D eigenvalue weighted by molar-refractivity contribution is 7.11. The van der Waals surface area contributed by atoms with Gasteiger partial charge in [-0.1, -0.05) is 25.8 Å². The van der Waals surface area contributed by atoms with E-state index in [0.717, 1.165) is 22.0 Å². The first kappa shape index (κ1) is 13.4. The van der Waals surface area contributed by atoms with E-state index in [4.69, 9.17) is 5.73 Å². The van der Waals surface area contributed by atoms with E-state index < -0.39 is 0 Å². The lowest BCUT2D eigenvalue weighted by molar-refractivity contribution is 0.359. The van der Waals surface area contributed by atoms with Crippen molar-refractivity contribution >= 4 is 22.4 Å². The number of pyridine rings is 1. The number of hydrogen-bond donors (Lipinski definition) is 2. The third-order valence-corrected chi connectivity index (χ3v) is 4.73. The van der Waals surface area contributed by atoms with Crippen molar-refractivity contribution in [2.24, 2.45) is 5.92 Å². The van der Waals surface area contributed by atoms with Gasteiger partial charge in [-0.05, 0) is 36.4 Å². The molecule has 2 aromatic heterocycles. The van der Waals surface area contributed by atoms with Crippen LogP contribution in [0.15, 0.2) is 24.5 Å². The van der Waals surface area contributed by atoms with Gasteiger partial charge < -0.3 is 11.1 Å². The van der Waals surface area contributed by atoms with E-state index in [2.05, 4.69) is 21.6 Å². The average Bonchev–Trinajstić information content (AvgIpc) is 2.81. The Balaban J connectivity index is 1.84. The highest BCUT2D eigenvalue weighted by Crippen LogP contribution is 2.38. The molecule has 0 bridgehead atoms. The van der Waals surface area contributed by atoms with Crippen molar-refractivity contribution in [1.82, 2.24) is 9.36 Å². The normalized spacial score (nSPS) is 22.6. The number of aromatic nitrogens is 2. The van der Waals surface area contributed by atoms with Crippen LogP contribution in [0.3, 0.4) is 0 Å². The van der Waals surface area contributed by atoms with E-state index in [-0.39, 0.29) is 0 Å². The van der Waals surface area contributed by atoms with E-state index in [1.807, 2.05) is 18.3 Å². The molecule has 2 aromatic rings. The summed E-state index contributed by atoms with van der Waals surface area (Å²) in [6.45, 7) is 2.33. The van der Waals surface area contributed by atoms with Crippen molar-refractivity contribution in [1.29, 1.82) is 0 Å². The standard InChI is InChI=1S/C15H20N4S/c1-10-4-2-6-12(8-10)18-15-13(14(16)19-20-15)11-5-3-7-17-9-11/h3,5,7,9-10,12,18H,2,4,6,8H2,1H3,(H2,16,19). The van der Waals surface area contributed by atoms with Gasteiger partial charge in [-0.3, -0.25) is 4.98 Å². The Hall–Kier alpha value is -1.62. The molecule has 2 unspecified atom stereocenters. The number of rotatable bonds is 3. The van der Waals surface area contributed by atoms with Crippen molar-refractivity contribution in [2.75, 3.05) is 11.1 Å². The van der Waals surface area contributed by atoms with Gasteiger partial charge in [0.25, 0.3) is 0 Å². The maximum Gasteiger partial charge on any atom is 0.147 e. The molecule has 2 atom stereocenters. The smallest absolute Gasteiger partial charge is 0.147 e. The van der Waals surface area contributed by atoms with Crippen LogP contribution in [-0.2, 0) is 0 Å². The minimum Gasteiger partial charge on any atom is -0.382 e. The van der Waals surface area contributed by atoms with Crippen LogP contribution in [0.4, 0.5) is 10.8 Å². The molecule has 4 nitrogen and oxygen atoms in total. The van der Waals surface area contributed by atoms with Crippen LogP contribution in [0.5, 0.6) is 0 Å². The lowest BCUT2D eigenvalue weighted by Gasteiger charge is -2.28. The molecule has 3 rings (SSSR count). The maximum absolute atomic E-state index is 6.04. The molecule has 1 saturated carbocycles. The summed E-state index contributed by atoms with van der Waals surface area (Å²) in [5.41, 5.74) is 8.07. The predicted molar refractivity (Wildman–Crippen MR) is 84.8 cm³/mol. The predicted octanol–water partition coefficient (Wildman–Crippen LogP) is 3.78. The molecule has 0 aliphatic heterocycles. The Morgan fingerprint density at radius 3 is 3.05 bits per heavy atom. The van der Waals surface area contributed by atoms with Crippen LogP contribution in [0.25, 0.3) is 11.1 Å². The molecular weight excluding hydrogens is 268 g/mol. The highest BCUT2D eigenvalue weighted by Gasteiger charge is 2.21. The summed E-state index contributed by atoms with van der Waals surface area (Å²) in [6.07, 6.45) is 8.72. The summed E-state index contributed by atoms with van der Waals surface area (Å²) >= 11 is 1.45. The molecule has 20 heavy (non-hydrogen) atoms. The first-order valence-corrected chi connectivity index (χ1v) is 7.93. The zero-order valence-corrected chi connectivity index (χ0v) is 12.5. The molecule has 1 aliphatic rings. The molecule has 0 radical (unpaired) electrons. The molecule has 2 heterocycles. The van der Waals surface area contributed by atoms with Gasteiger partial charge in [-0.25, -0.2) is 0 Å². The average molecular weight is 288 g/mol. The summed E-state index contributed by atoms with van der Waals surface area (Å²) in [5.74, 6) is 1.39. The Kier molecular flexibility index (Phi) is 3.87. The molecule has 1 aliphatic carbocycles. The van der Waals surface area contributed by atoms with E-state index in [1.54, 1.807) is 6.20 Å². The molecule has 0 spiro atoms. The second-order valence-electron chi connectivity index (χ2n) is 5.63. The summed E-state index contributed by atoms with van der Waals surface area (Å²) < 4.78 is 4.31. The van der Waals surface area contributed by atoms with Crippen molar-refractivity contribution in [2.45, 2.75) is 38.6 Å². The Labute approximate surface area is 123 Å². The van der Waals surface area contributed by atoms with Gasteiger partial charge in [0.1, 0.15) is 10.8 Å². The molecule has 3 N–H and O–H groups in total. The van der Waals surface area contributed by atoms with Gasteiger partial charge in [0.15, 0.2) is 0 Å². The number of nitrogens with zero attached hydrogens (tertiary/aromatic N) is 2. The number of nitrogens with one attached hydrogen (secondary N) is 1. The molecule has 0 saturated heterocycles. The van der Waals surface area contributed by atoms with Gasteiger partial charge >= 0.3 is 0 Å². The lowest BCUT2D eigenvalue weighted by atomic mass is 9.87. The van der Waals surface area contributed by atoms with E-state index in [1.165, 1.54) is 37.2 Å². The van der Waals surface area contributed by atoms with Gasteiger partial charge in [-0.15, -0.1) is 0 Å². The van der Waals surface area contributed by atoms with Crippen molar-refractivity contribution in [3.05, 3.63) is 24.5 Å². The van der Waals surface area contributed by atoms with Crippen molar-refractivity contribution < 1.29 is 0 Å². The summed E-state index contributed by atoms with van der Waals surface area (Å²) in [7, 11) is 0. The van der Waals surface area contributed by atoms with Gasteiger partial charge in [0.2, 0.25) is 0 Å². The maximum atomic E-state index is 6.04. The van der Waals surface area contributed by atoms with Crippen molar-refractivity contribution in [3.8, 4) is 11.1 Å². The summed E-state index contributed by atoms with van der Waals surface area (Å²) in [5, 5.41) is 4.73. The Morgan fingerprint density at radius 2 is 2.30 bits per heavy atom. The van der Waals surface area contributed by atoms with Gasteiger partial charge in [0.05, 0.1) is 5.56 Å². The zero-order valence-electron chi connectivity index (χ0n) is 11.7. The molecule has 106 valence electrons. The number of anilines is 2. The van der Waals surface area contributed by atoms with E-state index in [9.17, 15) is 0 Å². The SMILES string of the molecule is CC1CCCC(Nc2snc(N)c2-c2cccnc2)C1. The first-order valence-electron chi connectivity index (χ1n) is 7.16. The second kappa shape index (κ2) is 5.79. The third-order valence-electron chi connectivity index (χ3n) is 3.94. The fourth-order valence-electron chi connectivity index (χ4n) is 2.94. The van der Waals surface area contributed by atoms with E-state index >= 15 is 0 Å². The van der Waals surface area contributed by atoms with Crippen molar-refractivity contribution in [3.63, 3.8) is 0 Å². The van der Waals surface area contributed by atoms with Crippen LogP contribution in [0, 0.1) is 5.92 Å². The zero-order chi connectivity index (χ0) is 13.9. The molecule has 5 heteroatoms. The monoisotopic (exact) mass is 288 g/mol. The minimum absolute atomic E-state index is 0.536. The topological polar surface area (TPSA) is 63.8 Å². The Bertz CT molecular complexity index is 567. The van der Waals surface area contributed by atoms with Gasteiger partial charge in [-0.2, -0.15) is 4.37 Å². The van der Waals surface area contributed by atoms with Crippen LogP contribution in [0.2, 0.25) is 0 Å². The number of hydrogen-bond acceptors (Lipinski definition) is 5. The molecule has 0 aromatic carbocycles. The highest BCUT2D eigenvalue weighted by atomic mass is 32.1. The molecule has 0 amide bonds. The van der Waals surface area contributed by atoms with Crippen LogP contribution in [0.1, 0.15) is 32.6 Å². The van der Waals surface area contributed by atoms with Crippen LogP contribution < -0.4 is 11.1 Å². The van der Waals surface area contributed by atoms with Crippen LogP contribution >= 0.6 is 11.5 Å². The number of nitrogens with two attached hydrogens (primary N) is 1. The number of nitrogen functional groups attached to an aromatic ring is 1. The quantitative estimate of drug-likeness (QED) is 0.902. The second-order valence-corrected chi connectivity index (χ2v) is 6.40. The molecule has 1 fully saturated rings. The molecular formula is C15H20N4S.